The van der Waals surface area contributed by atoms with Crippen LogP contribution >= 0.6 is 0 Å². The Bertz CT molecular complexity index is 631. The summed E-state index contributed by atoms with van der Waals surface area (Å²) < 4.78 is 21.0. The fourth-order valence-electron chi connectivity index (χ4n) is 2.20. The Kier molecular flexibility index (Phi) is 2.98. The number of aryl methyl sites for hydroxylation is 1. The summed E-state index contributed by atoms with van der Waals surface area (Å²) in [6, 6.07) is 3.28. The van der Waals surface area contributed by atoms with Crippen molar-refractivity contribution in [3.8, 4) is 5.75 Å². The van der Waals surface area contributed by atoms with Gasteiger partial charge in [0.1, 0.15) is 0 Å². The fraction of sp³-hybridized carbons (Fsp3) is 0.308. The van der Waals surface area contributed by atoms with Crippen LogP contribution in [0.2, 0.25) is 0 Å². The monoisotopic (exact) mass is 251 g/mol. The summed E-state index contributed by atoms with van der Waals surface area (Å²) in [5.41, 5.74) is 1.91. The molecular formula is C13H14FNO3. The van der Waals surface area contributed by atoms with Crippen molar-refractivity contribution in [2.24, 2.45) is 7.05 Å². The molecule has 0 aliphatic carbocycles. The van der Waals surface area contributed by atoms with Gasteiger partial charge in [-0.25, -0.2) is 4.39 Å². The zero-order valence-electron chi connectivity index (χ0n) is 10.5. The van der Waals surface area contributed by atoms with Gasteiger partial charge in [0.2, 0.25) is 0 Å². The van der Waals surface area contributed by atoms with Gasteiger partial charge in [-0.3, -0.25) is 4.79 Å². The Hall–Kier alpha value is -2.04. The van der Waals surface area contributed by atoms with Crippen LogP contribution < -0.4 is 4.74 Å². The largest absolute Gasteiger partial charge is 0.494 e. The minimum Gasteiger partial charge on any atom is -0.494 e. The van der Waals surface area contributed by atoms with Crippen molar-refractivity contribution in [1.29, 1.82) is 0 Å². The van der Waals surface area contributed by atoms with Crippen LogP contribution in [0.1, 0.15) is 11.3 Å². The molecular weight excluding hydrogens is 237 g/mol. The highest BCUT2D eigenvalue weighted by molar-refractivity contribution is 5.90. The zero-order valence-corrected chi connectivity index (χ0v) is 10.5. The van der Waals surface area contributed by atoms with Crippen molar-refractivity contribution >= 4 is 16.9 Å². The summed E-state index contributed by atoms with van der Waals surface area (Å²) in [6.07, 6.45) is -0.201. The van der Waals surface area contributed by atoms with Gasteiger partial charge in [0.15, 0.2) is 11.6 Å². The van der Waals surface area contributed by atoms with Crippen LogP contribution in [0.4, 0.5) is 4.39 Å². The Morgan fingerprint density at radius 3 is 2.72 bits per heavy atom. The van der Waals surface area contributed by atoms with Gasteiger partial charge in [-0.1, -0.05) is 0 Å². The van der Waals surface area contributed by atoms with Crippen molar-refractivity contribution in [3.63, 3.8) is 0 Å². The molecule has 2 aromatic rings. The molecule has 0 aliphatic rings. The van der Waals surface area contributed by atoms with Crippen molar-refractivity contribution < 1.29 is 19.0 Å². The fourth-order valence-corrected chi connectivity index (χ4v) is 2.20. The van der Waals surface area contributed by atoms with Crippen molar-refractivity contribution in [2.45, 2.75) is 13.3 Å². The normalized spacial score (nSPS) is 10.9. The molecule has 0 radical (unpaired) electrons. The van der Waals surface area contributed by atoms with Gasteiger partial charge in [0, 0.05) is 18.1 Å². The zero-order chi connectivity index (χ0) is 13.4. The quantitative estimate of drug-likeness (QED) is 0.910. The van der Waals surface area contributed by atoms with E-state index in [0.29, 0.717) is 16.5 Å². The van der Waals surface area contributed by atoms with E-state index in [1.165, 1.54) is 7.11 Å². The molecule has 0 amide bonds. The summed E-state index contributed by atoms with van der Waals surface area (Å²) in [5.74, 6) is -1.36. The molecule has 0 aliphatic heterocycles. The van der Waals surface area contributed by atoms with Crippen molar-refractivity contribution in [2.75, 3.05) is 7.11 Å². The van der Waals surface area contributed by atoms with E-state index in [4.69, 9.17) is 9.84 Å². The summed E-state index contributed by atoms with van der Waals surface area (Å²) in [4.78, 5) is 10.9. The maximum atomic E-state index is 14.2. The number of carboxylic acid groups (broad SMARTS) is 1. The Balaban J connectivity index is 2.82. The highest BCUT2D eigenvalue weighted by Crippen LogP contribution is 2.32. The summed E-state index contributed by atoms with van der Waals surface area (Å²) in [5, 5.41) is 9.24. The molecule has 1 aromatic heterocycles. The third kappa shape index (κ3) is 1.72. The van der Waals surface area contributed by atoms with E-state index in [1.54, 1.807) is 30.7 Å². The average Bonchev–Trinajstić information content (AvgIpc) is 2.55. The standard InChI is InChI=1S/C13H14FNO3/c1-7-8(6-11(16)17)12-9(15(7)2)4-5-10(18-3)13(12)14/h4-5H,6H2,1-3H3,(H,16,17). The van der Waals surface area contributed by atoms with Crippen LogP contribution in [0.3, 0.4) is 0 Å². The maximum absolute atomic E-state index is 14.2. The molecule has 0 atom stereocenters. The van der Waals surface area contributed by atoms with Crippen LogP contribution in [0, 0.1) is 12.7 Å². The predicted molar refractivity (Wildman–Crippen MR) is 65.5 cm³/mol. The molecule has 0 spiro atoms. The summed E-state index contributed by atoms with van der Waals surface area (Å²) in [6.45, 7) is 1.78. The first-order valence-electron chi connectivity index (χ1n) is 5.49. The van der Waals surface area contributed by atoms with Gasteiger partial charge in [-0.15, -0.1) is 0 Å². The first kappa shape index (κ1) is 12.4. The Morgan fingerprint density at radius 1 is 1.50 bits per heavy atom. The number of nitrogens with zero attached hydrogens (tertiary/aromatic N) is 1. The van der Waals surface area contributed by atoms with Gasteiger partial charge >= 0.3 is 5.97 Å². The lowest BCUT2D eigenvalue weighted by molar-refractivity contribution is -0.136. The van der Waals surface area contributed by atoms with Gasteiger partial charge in [0.25, 0.3) is 0 Å². The number of carboxylic acids is 1. The number of hydrogen-bond acceptors (Lipinski definition) is 2. The summed E-state index contributed by atoms with van der Waals surface area (Å²) in [7, 11) is 3.17. The molecule has 4 nitrogen and oxygen atoms in total. The number of benzene rings is 1. The lowest BCUT2D eigenvalue weighted by Crippen LogP contribution is -2.02. The first-order valence-corrected chi connectivity index (χ1v) is 5.49. The second-order valence-electron chi connectivity index (χ2n) is 4.17. The topological polar surface area (TPSA) is 51.5 Å². The predicted octanol–water partition coefficient (Wildman–Crippen LogP) is 2.26. The number of methoxy groups -OCH3 is 1. The number of rotatable bonds is 3. The second kappa shape index (κ2) is 4.33. The van der Waals surface area contributed by atoms with E-state index in [1.807, 2.05) is 0 Å². The molecule has 0 unspecified atom stereocenters. The molecule has 0 bridgehead atoms. The van der Waals surface area contributed by atoms with Crippen LogP contribution in [-0.2, 0) is 18.3 Å². The molecule has 1 N–H and O–H groups in total. The first-order chi connectivity index (χ1) is 8.47. The van der Waals surface area contributed by atoms with Crippen LogP contribution in [-0.4, -0.2) is 22.8 Å². The lowest BCUT2D eigenvalue weighted by Gasteiger charge is -2.04. The highest BCUT2D eigenvalue weighted by Gasteiger charge is 2.20. The molecule has 18 heavy (non-hydrogen) atoms. The minimum absolute atomic E-state index is 0.125. The molecule has 0 saturated heterocycles. The molecule has 5 heteroatoms. The van der Waals surface area contributed by atoms with E-state index in [0.717, 1.165) is 5.69 Å². The van der Waals surface area contributed by atoms with Crippen molar-refractivity contribution in [3.05, 3.63) is 29.2 Å². The number of aromatic nitrogens is 1. The highest BCUT2D eigenvalue weighted by atomic mass is 19.1. The maximum Gasteiger partial charge on any atom is 0.307 e. The van der Waals surface area contributed by atoms with Crippen molar-refractivity contribution in [1.82, 2.24) is 4.57 Å². The van der Waals surface area contributed by atoms with Crippen LogP contribution in [0.15, 0.2) is 12.1 Å². The van der Waals surface area contributed by atoms with E-state index in [9.17, 15) is 9.18 Å². The third-order valence-corrected chi connectivity index (χ3v) is 3.24. The molecule has 2 rings (SSSR count). The molecule has 0 fully saturated rings. The van der Waals surface area contributed by atoms with Crippen LogP contribution in [0.5, 0.6) is 5.75 Å². The van der Waals surface area contributed by atoms with Gasteiger partial charge in [0.05, 0.1) is 19.0 Å². The number of aliphatic carboxylic acids is 1. The number of carbonyl (C=O) groups is 1. The average molecular weight is 251 g/mol. The molecule has 1 heterocycles. The number of hydrogen-bond donors (Lipinski definition) is 1. The van der Waals surface area contributed by atoms with E-state index in [2.05, 4.69) is 0 Å². The third-order valence-electron chi connectivity index (χ3n) is 3.24. The summed E-state index contributed by atoms with van der Waals surface area (Å²) >= 11 is 0. The van der Waals surface area contributed by atoms with E-state index in [-0.39, 0.29) is 12.2 Å². The molecule has 1 aromatic carbocycles. The van der Waals surface area contributed by atoms with E-state index < -0.39 is 11.8 Å². The van der Waals surface area contributed by atoms with E-state index >= 15 is 0 Å². The number of fused-ring (bicyclic) bond motifs is 1. The second-order valence-corrected chi connectivity index (χ2v) is 4.17. The smallest absolute Gasteiger partial charge is 0.307 e. The SMILES string of the molecule is COc1ccc2c(c1F)c(CC(=O)O)c(C)n2C. The van der Waals surface area contributed by atoms with Gasteiger partial charge < -0.3 is 14.4 Å². The van der Waals surface area contributed by atoms with Crippen LogP contribution in [0.25, 0.3) is 10.9 Å². The molecule has 0 saturated carbocycles. The number of halogens is 1. The Morgan fingerprint density at radius 2 is 2.17 bits per heavy atom. The minimum atomic E-state index is -0.979. The number of ether oxygens (including phenoxy) is 1. The Labute approximate surface area is 104 Å². The van der Waals surface area contributed by atoms with Gasteiger partial charge in [-0.05, 0) is 24.6 Å². The molecule has 96 valence electrons. The van der Waals surface area contributed by atoms with Gasteiger partial charge in [-0.2, -0.15) is 0 Å². The lowest BCUT2D eigenvalue weighted by atomic mass is 10.1.